The summed E-state index contributed by atoms with van der Waals surface area (Å²) < 4.78 is 31.3. The lowest BCUT2D eigenvalue weighted by molar-refractivity contribution is 0.105. The molecule has 0 radical (unpaired) electrons. The van der Waals surface area contributed by atoms with Crippen LogP contribution in [0.2, 0.25) is 0 Å². The highest BCUT2D eigenvalue weighted by Crippen LogP contribution is 2.21. The van der Waals surface area contributed by atoms with E-state index in [1.165, 1.54) is 6.07 Å². The molecule has 2 nitrogen and oxygen atoms in total. The number of aliphatic hydroxyl groups is 1. The Bertz CT molecular complexity index is 591. The van der Waals surface area contributed by atoms with Crippen LogP contribution in [0.3, 0.4) is 0 Å². The predicted molar refractivity (Wildman–Crippen MR) is 72.7 cm³/mol. The summed E-state index contributed by atoms with van der Waals surface area (Å²) >= 11 is 0. The summed E-state index contributed by atoms with van der Waals surface area (Å²) in [6.07, 6.45) is -0.863. The molecule has 0 aliphatic rings. The van der Waals surface area contributed by atoms with Gasteiger partial charge in [-0.1, -0.05) is 29.3 Å². The first kappa shape index (κ1) is 14.5. The SMILES string of the molecule is Cc1cc(C)cc(C(O)COc2ccc(F)cc2F)c1. The highest BCUT2D eigenvalue weighted by atomic mass is 19.1. The van der Waals surface area contributed by atoms with Gasteiger partial charge in [-0.2, -0.15) is 0 Å². The lowest BCUT2D eigenvalue weighted by atomic mass is 10.0. The Morgan fingerprint density at radius 2 is 1.70 bits per heavy atom. The number of hydrogen-bond donors (Lipinski definition) is 1. The Labute approximate surface area is 116 Å². The van der Waals surface area contributed by atoms with E-state index in [2.05, 4.69) is 0 Å². The molecule has 20 heavy (non-hydrogen) atoms. The maximum Gasteiger partial charge on any atom is 0.167 e. The molecule has 0 aliphatic carbocycles. The lowest BCUT2D eigenvalue weighted by Gasteiger charge is -2.14. The fraction of sp³-hybridized carbons (Fsp3) is 0.250. The van der Waals surface area contributed by atoms with Crippen LogP contribution in [0.4, 0.5) is 8.78 Å². The third-order valence-electron chi connectivity index (χ3n) is 2.92. The molecule has 1 N–H and O–H groups in total. The number of halogens is 2. The van der Waals surface area contributed by atoms with Crippen molar-refractivity contribution in [2.24, 2.45) is 0 Å². The monoisotopic (exact) mass is 278 g/mol. The van der Waals surface area contributed by atoms with E-state index in [-0.39, 0.29) is 12.4 Å². The van der Waals surface area contributed by atoms with Crippen molar-refractivity contribution in [3.8, 4) is 5.75 Å². The van der Waals surface area contributed by atoms with Crippen molar-refractivity contribution in [1.29, 1.82) is 0 Å². The fourth-order valence-electron chi connectivity index (χ4n) is 2.06. The predicted octanol–water partition coefficient (Wildman–Crippen LogP) is 3.69. The minimum Gasteiger partial charge on any atom is -0.487 e. The molecule has 106 valence electrons. The maximum atomic E-state index is 13.4. The minimum absolute atomic E-state index is 0.0742. The van der Waals surface area contributed by atoms with E-state index in [4.69, 9.17) is 4.74 Å². The number of rotatable bonds is 4. The van der Waals surface area contributed by atoms with Crippen LogP contribution in [0.15, 0.2) is 36.4 Å². The van der Waals surface area contributed by atoms with Gasteiger partial charge in [-0.15, -0.1) is 0 Å². The van der Waals surface area contributed by atoms with Crippen LogP contribution in [0, 0.1) is 25.5 Å². The molecule has 0 amide bonds. The molecular formula is C16H16F2O2. The standard InChI is InChI=1S/C16H16F2O2/c1-10-5-11(2)7-12(6-10)15(19)9-20-16-4-3-13(17)8-14(16)18/h3-8,15,19H,9H2,1-2H3. The molecule has 0 bridgehead atoms. The van der Waals surface area contributed by atoms with Crippen LogP contribution in [-0.4, -0.2) is 11.7 Å². The molecular weight excluding hydrogens is 262 g/mol. The Morgan fingerprint density at radius 3 is 2.30 bits per heavy atom. The van der Waals surface area contributed by atoms with Crippen molar-refractivity contribution in [1.82, 2.24) is 0 Å². The third-order valence-corrected chi connectivity index (χ3v) is 2.92. The van der Waals surface area contributed by atoms with Gasteiger partial charge in [-0.05, 0) is 31.5 Å². The van der Waals surface area contributed by atoms with Crippen molar-refractivity contribution in [3.63, 3.8) is 0 Å². The van der Waals surface area contributed by atoms with E-state index in [1.54, 1.807) is 0 Å². The molecule has 0 saturated carbocycles. The van der Waals surface area contributed by atoms with Crippen molar-refractivity contribution in [2.75, 3.05) is 6.61 Å². The smallest absolute Gasteiger partial charge is 0.167 e. The highest BCUT2D eigenvalue weighted by molar-refractivity contribution is 5.30. The van der Waals surface area contributed by atoms with E-state index >= 15 is 0 Å². The number of hydrogen-bond acceptors (Lipinski definition) is 2. The Kier molecular flexibility index (Phi) is 4.35. The molecule has 2 rings (SSSR count). The van der Waals surface area contributed by atoms with E-state index in [0.717, 1.165) is 23.3 Å². The van der Waals surface area contributed by atoms with Crippen LogP contribution in [0.5, 0.6) is 5.75 Å². The summed E-state index contributed by atoms with van der Waals surface area (Å²) in [7, 11) is 0. The topological polar surface area (TPSA) is 29.5 Å². The highest BCUT2D eigenvalue weighted by Gasteiger charge is 2.11. The summed E-state index contributed by atoms with van der Waals surface area (Å²) in [5.74, 6) is -1.52. The third kappa shape index (κ3) is 3.54. The van der Waals surface area contributed by atoms with E-state index < -0.39 is 17.7 Å². The van der Waals surface area contributed by atoms with Crippen molar-refractivity contribution in [3.05, 3.63) is 64.7 Å². The van der Waals surface area contributed by atoms with E-state index in [0.29, 0.717) is 5.56 Å². The molecule has 0 aliphatic heterocycles. The van der Waals surface area contributed by atoms with Gasteiger partial charge in [-0.3, -0.25) is 0 Å². The average Bonchev–Trinajstić information content (AvgIpc) is 2.36. The fourth-order valence-corrected chi connectivity index (χ4v) is 2.06. The second-order valence-corrected chi connectivity index (χ2v) is 4.82. The minimum atomic E-state index is -0.863. The van der Waals surface area contributed by atoms with Gasteiger partial charge < -0.3 is 9.84 Å². The van der Waals surface area contributed by atoms with Gasteiger partial charge in [-0.25, -0.2) is 8.78 Å². The zero-order valence-electron chi connectivity index (χ0n) is 11.4. The Morgan fingerprint density at radius 1 is 1.05 bits per heavy atom. The van der Waals surface area contributed by atoms with Crippen LogP contribution in [0.25, 0.3) is 0 Å². The average molecular weight is 278 g/mol. The van der Waals surface area contributed by atoms with Crippen LogP contribution >= 0.6 is 0 Å². The van der Waals surface area contributed by atoms with E-state index in [9.17, 15) is 13.9 Å². The molecule has 0 fully saturated rings. The van der Waals surface area contributed by atoms with Crippen molar-refractivity contribution in [2.45, 2.75) is 20.0 Å². The first-order valence-electron chi connectivity index (χ1n) is 6.30. The first-order chi connectivity index (χ1) is 9.45. The Hall–Kier alpha value is -1.94. The Balaban J connectivity index is 2.06. The normalized spacial score (nSPS) is 12.2. The van der Waals surface area contributed by atoms with Gasteiger partial charge in [0.1, 0.15) is 18.5 Å². The zero-order valence-corrected chi connectivity index (χ0v) is 11.4. The quantitative estimate of drug-likeness (QED) is 0.924. The maximum absolute atomic E-state index is 13.4. The molecule has 2 aromatic carbocycles. The van der Waals surface area contributed by atoms with Crippen molar-refractivity contribution >= 4 is 0 Å². The second-order valence-electron chi connectivity index (χ2n) is 4.82. The number of aliphatic hydroxyl groups excluding tert-OH is 1. The zero-order chi connectivity index (χ0) is 14.7. The van der Waals surface area contributed by atoms with E-state index in [1.807, 2.05) is 32.0 Å². The number of benzene rings is 2. The molecule has 0 spiro atoms. The largest absolute Gasteiger partial charge is 0.487 e. The molecule has 0 aromatic heterocycles. The number of ether oxygens (including phenoxy) is 1. The van der Waals surface area contributed by atoms with Gasteiger partial charge in [0.05, 0.1) is 0 Å². The summed E-state index contributed by atoms with van der Waals surface area (Å²) in [6, 6.07) is 8.76. The summed E-state index contributed by atoms with van der Waals surface area (Å²) in [6.45, 7) is 3.78. The summed E-state index contributed by atoms with van der Waals surface area (Å²) in [5, 5.41) is 10.1. The molecule has 1 atom stereocenters. The van der Waals surface area contributed by atoms with Crippen LogP contribution in [0.1, 0.15) is 22.8 Å². The van der Waals surface area contributed by atoms with Gasteiger partial charge in [0.25, 0.3) is 0 Å². The molecule has 0 heterocycles. The molecule has 2 aromatic rings. The van der Waals surface area contributed by atoms with Gasteiger partial charge in [0, 0.05) is 6.07 Å². The second kappa shape index (κ2) is 6.01. The van der Waals surface area contributed by atoms with Crippen LogP contribution < -0.4 is 4.74 Å². The van der Waals surface area contributed by atoms with Gasteiger partial charge >= 0.3 is 0 Å². The summed E-state index contributed by atoms with van der Waals surface area (Å²) in [5.41, 5.74) is 2.78. The number of aryl methyl sites for hydroxylation is 2. The summed E-state index contributed by atoms with van der Waals surface area (Å²) in [4.78, 5) is 0. The van der Waals surface area contributed by atoms with Gasteiger partial charge in [0.2, 0.25) is 0 Å². The van der Waals surface area contributed by atoms with Crippen LogP contribution in [-0.2, 0) is 0 Å². The molecule has 1 unspecified atom stereocenters. The molecule has 4 heteroatoms. The molecule has 0 saturated heterocycles. The van der Waals surface area contributed by atoms with Gasteiger partial charge in [0.15, 0.2) is 11.6 Å². The van der Waals surface area contributed by atoms with Crippen molar-refractivity contribution < 1.29 is 18.6 Å². The first-order valence-corrected chi connectivity index (χ1v) is 6.30. The lowest BCUT2D eigenvalue weighted by Crippen LogP contribution is -2.11.